The largest absolute Gasteiger partial charge is 0.370 e. The lowest BCUT2D eigenvalue weighted by atomic mass is 9.81. The average molecular weight is 290 g/mol. The van der Waals surface area contributed by atoms with Crippen molar-refractivity contribution in [3.63, 3.8) is 0 Å². The van der Waals surface area contributed by atoms with Crippen LogP contribution in [-0.4, -0.2) is 23.1 Å². The molecule has 2 N–H and O–H groups in total. The van der Waals surface area contributed by atoms with Crippen molar-refractivity contribution in [1.82, 2.24) is 9.97 Å². The first-order chi connectivity index (χ1) is 10.2. The molecule has 1 aromatic rings. The van der Waals surface area contributed by atoms with Gasteiger partial charge in [0, 0.05) is 25.6 Å². The second-order valence-corrected chi connectivity index (χ2v) is 6.28. The third kappa shape index (κ3) is 5.18. The highest BCUT2D eigenvalue weighted by atomic mass is 15.1. The van der Waals surface area contributed by atoms with Gasteiger partial charge in [-0.3, -0.25) is 0 Å². The van der Waals surface area contributed by atoms with Crippen molar-refractivity contribution in [2.75, 3.05) is 23.7 Å². The van der Waals surface area contributed by atoms with Gasteiger partial charge < -0.3 is 10.6 Å². The van der Waals surface area contributed by atoms with Gasteiger partial charge in [0.25, 0.3) is 0 Å². The zero-order chi connectivity index (χ0) is 15.1. The first-order valence-electron chi connectivity index (χ1n) is 8.57. The molecular formula is C17H30N4. The summed E-state index contributed by atoms with van der Waals surface area (Å²) in [5, 5.41) is 6.76. The molecule has 1 aliphatic carbocycles. The first kappa shape index (κ1) is 16.1. The van der Waals surface area contributed by atoms with E-state index in [1.807, 2.05) is 6.07 Å². The van der Waals surface area contributed by atoms with E-state index in [1.54, 1.807) is 0 Å². The topological polar surface area (TPSA) is 49.8 Å². The van der Waals surface area contributed by atoms with Crippen LogP contribution in [0.3, 0.4) is 0 Å². The number of nitrogens with one attached hydrogen (secondary N) is 2. The van der Waals surface area contributed by atoms with Gasteiger partial charge in [0.2, 0.25) is 0 Å². The maximum atomic E-state index is 4.57. The Balaban J connectivity index is 1.83. The van der Waals surface area contributed by atoms with Gasteiger partial charge in [0.1, 0.15) is 17.5 Å². The van der Waals surface area contributed by atoms with Crippen LogP contribution in [0.15, 0.2) is 6.07 Å². The molecule has 0 spiro atoms. The summed E-state index contributed by atoms with van der Waals surface area (Å²) in [7, 11) is 0. The number of aromatic nitrogens is 2. The van der Waals surface area contributed by atoms with E-state index in [1.165, 1.54) is 32.1 Å². The lowest BCUT2D eigenvalue weighted by Crippen LogP contribution is -2.16. The number of aryl methyl sites for hydroxylation is 1. The molecule has 0 bridgehead atoms. The van der Waals surface area contributed by atoms with E-state index in [9.17, 15) is 0 Å². The van der Waals surface area contributed by atoms with Gasteiger partial charge in [-0.05, 0) is 25.2 Å². The Kier molecular flexibility index (Phi) is 6.27. The summed E-state index contributed by atoms with van der Waals surface area (Å²) < 4.78 is 0. The van der Waals surface area contributed by atoms with E-state index in [2.05, 4.69) is 41.4 Å². The van der Waals surface area contributed by atoms with Gasteiger partial charge in [0.15, 0.2) is 0 Å². The minimum absolute atomic E-state index is 0.869. The molecule has 4 nitrogen and oxygen atoms in total. The fourth-order valence-corrected chi connectivity index (χ4v) is 3.04. The molecule has 0 saturated heterocycles. The van der Waals surface area contributed by atoms with E-state index in [-0.39, 0.29) is 0 Å². The van der Waals surface area contributed by atoms with E-state index in [0.29, 0.717) is 0 Å². The summed E-state index contributed by atoms with van der Waals surface area (Å²) >= 11 is 0. The Morgan fingerprint density at radius 2 is 1.71 bits per heavy atom. The number of hydrogen-bond donors (Lipinski definition) is 2. The number of anilines is 2. The second kappa shape index (κ2) is 8.20. The first-order valence-corrected chi connectivity index (χ1v) is 8.57. The highest BCUT2D eigenvalue weighted by Gasteiger charge is 2.17. The summed E-state index contributed by atoms with van der Waals surface area (Å²) in [5.41, 5.74) is 0. The molecule has 1 heterocycles. The molecule has 2 rings (SSSR count). The molecule has 0 atom stereocenters. The minimum atomic E-state index is 0.869. The minimum Gasteiger partial charge on any atom is -0.370 e. The maximum Gasteiger partial charge on any atom is 0.132 e. The Hall–Kier alpha value is -1.32. The highest BCUT2D eigenvalue weighted by Crippen LogP contribution is 2.30. The van der Waals surface area contributed by atoms with Crippen LogP contribution in [0, 0.1) is 11.8 Å². The van der Waals surface area contributed by atoms with Gasteiger partial charge in [-0.25, -0.2) is 9.97 Å². The van der Waals surface area contributed by atoms with Crippen LogP contribution in [0.2, 0.25) is 0 Å². The lowest BCUT2D eigenvalue weighted by molar-refractivity contribution is 0.282. The Morgan fingerprint density at radius 1 is 1.05 bits per heavy atom. The fraction of sp³-hybridized carbons (Fsp3) is 0.765. The lowest BCUT2D eigenvalue weighted by Gasteiger charge is -2.26. The van der Waals surface area contributed by atoms with Crippen molar-refractivity contribution in [2.24, 2.45) is 11.8 Å². The molecule has 1 aliphatic rings. The third-order valence-corrected chi connectivity index (χ3v) is 4.44. The molecule has 118 valence electrons. The Labute approximate surface area is 129 Å². The van der Waals surface area contributed by atoms with Crippen LogP contribution >= 0.6 is 0 Å². The number of rotatable bonds is 7. The van der Waals surface area contributed by atoms with Gasteiger partial charge in [-0.15, -0.1) is 0 Å². The van der Waals surface area contributed by atoms with Crippen LogP contribution in [0.4, 0.5) is 11.6 Å². The Bertz CT molecular complexity index is 425. The van der Waals surface area contributed by atoms with Gasteiger partial charge >= 0.3 is 0 Å². The second-order valence-electron chi connectivity index (χ2n) is 6.28. The molecule has 1 saturated carbocycles. The Morgan fingerprint density at radius 3 is 2.33 bits per heavy atom. The number of nitrogens with zero attached hydrogens (tertiary/aromatic N) is 2. The molecule has 21 heavy (non-hydrogen) atoms. The van der Waals surface area contributed by atoms with Crippen LogP contribution in [-0.2, 0) is 6.42 Å². The zero-order valence-electron chi connectivity index (χ0n) is 13.8. The normalized spacial score (nSPS) is 22.0. The smallest absolute Gasteiger partial charge is 0.132 e. The standard InChI is InChI=1S/C17H30N4/c1-4-15-20-16(18-5-2)12-17(21-15)19-11-10-14-8-6-13(3)7-9-14/h12-14H,4-11H2,1-3H3,(H2,18,19,20,21). The SMILES string of the molecule is CCNc1cc(NCCC2CCC(C)CC2)nc(CC)n1. The van der Waals surface area contributed by atoms with Crippen molar-refractivity contribution in [3.05, 3.63) is 11.9 Å². The van der Waals surface area contributed by atoms with Crippen molar-refractivity contribution in [1.29, 1.82) is 0 Å². The van der Waals surface area contributed by atoms with Crippen molar-refractivity contribution >= 4 is 11.6 Å². The van der Waals surface area contributed by atoms with E-state index >= 15 is 0 Å². The molecular weight excluding hydrogens is 260 g/mol. The average Bonchev–Trinajstić information content (AvgIpc) is 2.49. The highest BCUT2D eigenvalue weighted by molar-refractivity contribution is 5.47. The van der Waals surface area contributed by atoms with E-state index < -0.39 is 0 Å². The van der Waals surface area contributed by atoms with Crippen molar-refractivity contribution in [3.8, 4) is 0 Å². The molecule has 4 heteroatoms. The molecule has 1 fully saturated rings. The van der Waals surface area contributed by atoms with Crippen molar-refractivity contribution < 1.29 is 0 Å². The van der Waals surface area contributed by atoms with Crippen LogP contribution in [0.1, 0.15) is 58.7 Å². The molecule has 0 amide bonds. The maximum absolute atomic E-state index is 4.57. The third-order valence-electron chi connectivity index (χ3n) is 4.44. The fourth-order valence-electron chi connectivity index (χ4n) is 3.04. The van der Waals surface area contributed by atoms with Crippen LogP contribution < -0.4 is 10.6 Å². The molecule has 0 aliphatic heterocycles. The monoisotopic (exact) mass is 290 g/mol. The molecule has 1 aromatic heterocycles. The summed E-state index contributed by atoms with van der Waals surface area (Å²) in [4.78, 5) is 9.05. The number of hydrogen-bond acceptors (Lipinski definition) is 4. The van der Waals surface area contributed by atoms with E-state index in [0.717, 1.165) is 48.8 Å². The predicted octanol–water partition coefficient (Wildman–Crippen LogP) is 4.10. The summed E-state index contributed by atoms with van der Waals surface area (Å²) in [6.07, 6.45) is 7.74. The van der Waals surface area contributed by atoms with Crippen LogP contribution in [0.25, 0.3) is 0 Å². The van der Waals surface area contributed by atoms with Gasteiger partial charge in [0.05, 0.1) is 0 Å². The summed E-state index contributed by atoms with van der Waals surface area (Å²) in [6, 6.07) is 2.02. The van der Waals surface area contributed by atoms with Crippen LogP contribution in [0.5, 0.6) is 0 Å². The van der Waals surface area contributed by atoms with Gasteiger partial charge in [-0.2, -0.15) is 0 Å². The predicted molar refractivity (Wildman–Crippen MR) is 89.8 cm³/mol. The van der Waals surface area contributed by atoms with Gasteiger partial charge in [-0.1, -0.05) is 39.5 Å². The zero-order valence-corrected chi connectivity index (χ0v) is 13.8. The molecule has 0 aromatic carbocycles. The summed E-state index contributed by atoms with van der Waals surface area (Å²) in [5.74, 6) is 4.63. The quantitative estimate of drug-likeness (QED) is 0.794. The molecule has 0 radical (unpaired) electrons. The molecule has 0 unspecified atom stereocenters. The van der Waals surface area contributed by atoms with E-state index in [4.69, 9.17) is 0 Å². The van der Waals surface area contributed by atoms with Crippen molar-refractivity contribution in [2.45, 2.75) is 59.3 Å². The summed E-state index contributed by atoms with van der Waals surface area (Å²) in [6.45, 7) is 8.47.